The van der Waals surface area contributed by atoms with E-state index in [1.54, 1.807) is 0 Å². The number of nitrogens with two attached hydrogens (primary N) is 1. The molecule has 0 aromatic heterocycles. The second kappa shape index (κ2) is 11.1. The smallest absolute Gasteiger partial charge is 0.205 e. The molecule has 2 heterocycles. The highest BCUT2D eigenvalue weighted by Gasteiger charge is 2.32. The van der Waals surface area contributed by atoms with Gasteiger partial charge in [-0.1, -0.05) is 68.5 Å². The lowest BCUT2D eigenvalue weighted by Crippen LogP contribution is -2.60. The molecule has 2 unspecified atom stereocenters. The summed E-state index contributed by atoms with van der Waals surface area (Å²) in [4.78, 5) is 14.8. The highest BCUT2D eigenvalue weighted by Crippen LogP contribution is 2.30. The number of nitrogens with one attached hydrogen (secondary N) is 2. The summed E-state index contributed by atoms with van der Waals surface area (Å²) in [6.07, 6.45) is 9.34. The molecular formula is C27H38ClN7. The quantitative estimate of drug-likeness (QED) is 0.510. The number of hydrogen-bond acceptors (Lipinski definition) is 5. The van der Waals surface area contributed by atoms with Gasteiger partial charge in [-0.2, -0.15) is 0 Å². The normalized spacial score (nSPS) is 25.5. The maximum atomic E-state index is 6.69. The van der Waals surface area contributed by atoms with Crippen LogP contribution in [0.15, 0.2) is 46.4 Å². The average Bonchev–Trinajstić information content (AvgIpc) is 3.16. The Kier molecular flexibility index (Phi) is 7.75. The molecule has 1 saturated heterocycles. The predicted octanol–water partition coefficient (Wildman–Crippen LogP) is 4.97. The SMILES string of the molecule is CCN1CCCC1CN1C(=NC2CCCCCC2)NC(Nc2ccc(Cl)c3ccccc23)=NC1N. The van der Waals surface area contributed by atoms with Crippen molar-refractivity contribution in [2.75, 3.05) is 25.0 Å². The Morgan fingerprint density at radius 1 is 1.06 bits per heavy atom. The largest absolute Gasteiger partial charge is 0.325 e. The summed E-state index contributed by atoms with van der Waals surface area (Å²) in [7, 11) is 0. The number of likely N-dealkylation sites (tertiary alicyclic amines) is 1. The molecule has 1 saturated carbocycles. The van der Waals surface area contributed by atoms with Crippen LogP contribution in [0.3, 0.4) is 0 Å². The van der Waals surface area contributed by atoms with Crippen molar-refractivity contribution in [3.63, 3.8) is 0 Å². The molecule has 2 aliphatic heterocycles. The number of aliphatic imine (C=N–C) groups is 2. The molecule has 188 valence electrons. The van der Waals surface area contributed by atoms with Crippen molar-refractivity contribution >= 4 is 40.0 Å². The van der Waals surface area contributed by atoms with Crippen molar-refractivity contribution in [2.24, 2.45) is 15.7 Å². The Morgan fingerprint density at radius 3 is 2.60 bits per heavy atom. The van der Waals surface area contributed by atoms with Crippen LogP contribution in [0.4, 0.5) is 5.69 Å². The van der Waals surface area contributed by atoms with E-state index in [1.807, 2.05) is 30.3 Å². The number of fused-ring (bicyclic) bond motifs is 1. The first-order chi connectivity index (χ1) is 17.1. The molecule has 2 aromatic rings. The van der Waals surface area contributed by atoms with Crippen LogP contribution in [0.5, 0.6) is 0 Å². The molecule has 2 fully saturated rings. The molecule has 2 aromatic carbocycles. The molecule has 1 aliphatic carbocycles. The summed E-state index contributed by atoms with van der Waals surface area (Å²) < 4.78 is 0. The van der Waals surface area contributed by atoms with Crippen molar-refractivity contribution in [1.82, 2.24) is 15.1 Å². The number of anilines is 1. The molecule has 2 atom stereocenters. The predicted molar refractivity (Wildman–Crippen MR) is 147 cm³/mol. The van der Waals surface area contributed by atoms with E-state index in [2.05, 4.69) is 33.4 Å². The van der Waals surface area contributed by atoms with Gasteiger partial charge in [0, 0.05) is 34.1 Å². The van der Waals surface area contributed by atoms with E-state index in [4.69, 9.17) is 27.3 Å². The van der Waals surface area contributed by atoms with Crippen LogP contribution in [-0.4, -0.2) is 59.7 Å². The lowest BCUT2D eigenvalue weighted by atomic mass is 10.1. The average molecular weight is 496 g/mol. The second-order valence-corrected chi connectivity index (χ2v) is 10.4. The lowest BCUT2D eigenvalue weighted by Gasteiger charge is -2.38. The van der Waals surface area contributed by atoms with Crippen LogP contribution < -0.4 is 16.4 Å². The molecule has 3 aliphatic rings. The van der Waals surface area contributed by atoms with E-state index in [1.165, 1.54) is 38.5 Å². The molecule has 8 heteroatoms. The van der Waals surface area contributed by atoms with E-state index in [0.29, 0.717) is 18.0 Å². The van der Waals surface area contributed by atoms with Gasteiger partial charge >= 0.3 is 0 Å². The zero-order valence-electron chi connectivity index (χ0n) is 20.7. The fraction of sp³-hybridized carbons (Fsp3) is 0.556. The Bertz CT molecular complexity index is 1080. The maximum Gasteiger partial charge on any atom is 0.205 e. The van der Waals surface area contributed by atoms with Gasteiger partial charge in [-0.15, -0.1) is 0 Å². The maximum absolute atomic E-state index is 6.69. The topological polar surface area (TPSA) is 81.3 Å². The van der Waals surface area contributed by atoms with Gasteiger partial charge in [0.15, 0.2) is 6.29 Å². The van der Waals surface area contributed by atoms with E-state index in [9.17, 15) is 0 Å². The minimum absolute atomic E-state index is 0.330. The van der Waals surface area contributed by atoms with Crippen molar-refractivity contribution in [2.45, 2.75) is 76.7 Å². The first kappa shape index (κ1) is 24.3. The van der Waals surface area contributed by atoms with Crippen LogP contribution >= 0.6 is 11.6 Å². The minimum atomic E-state index is -0.485. The number of guanidine groups is 2. The molecule has 5 rings (SSSR count). The Labute approximate surface area is 213 Å². The van der Waals surface area contributed by atoms with Crippen molar-refractivity contribution in [1.29, 1.82) is 0 Å². The third-order valence-corrected chi connectivity index (χ3v) is 7.98. The molecular weight excluding hydrogens is 458 g/mol. The third kappa shape index (κ3) is 5.57. The molecule has 4 N–H and O–H groups in total. The molecule has 0 spiro atoms. The van der Waals surface area contributed by atoms with Crippen LogP contribution in [0, 0.1) is 0 Å². The van der Waals surface area contributed by atoms with Crippen molar-refractivity contribution in [3.8, 4) is 0 Å². The monoisotopic (exact) mass is 495 g/mol. The standard InChI is InChI=1S/C27H38ClN7/c1-2-34-17-9-12-20(34)18-35-25(29)32-26(33-27(35)30-19-10-5-3-4-6-11-19)31-24-16-15-23(28)21-13-7-8-14-22(21)24/h7-8,13-16,19-20,25H,2-6,9-12,17-18,29H2,1H3,(H2,30,31,32,33). The van der Waals surface area contributed by atoms with Gasteiger partial charge in [-0.3, -0.25) is 16.0 Å². The van der Waals surface area contributed by atoms with Gasteiger partial charge < -0.3 is 10.2 Å². The summed E-state index contributed by atoms with van der Waals surface area (Å²) in [6.45, 7) is 5.31. The number of nitrogens with zero attached hydrogens (tertiary/aromatic N) is 4. The number of hydrogen-bond donors (Lipinski definition) is 3. The zero-order chi connectivity index (χ0) is 24.2. The van der Waals surface area contributed by atoms with E-state index in [-0.39, 0.29) is 0 Å². The number of likely N-dealkylation sites (N-methyl/N-ethyl adjacent to an activating group) is 1. The first-order valence-corrected chi connectivity index (χ1v) is 13.6. The van der Waals surface area contributed by atoms with E-state index >= 15 is 0 Å². The fourth-order valence-corrected chi connectivity index (χ4v) is 5.93. The van der Waals surface area contributed by atoms with Crippen LogP contribution in [0.1, 0.15) is 58.3 Å². The third-order valence-electron chi connectivity index (χ3n) is 7.65. The van der Waals surface area contributed by atoms with Gasteiger partial charge in [-0.25, -0.2) is 9.98 Å². The summed E-state index contributed by atoms with van der Waals surface area (Å²) in [6, 6.07) is 12.9. The highest BCUT2D eigenvalue weighted by molar-refractivity contribution is 6.36. The number of halogens is 1. The minimum Gasteiger partial charge on any atom is -0.325 e. The molecule has 0 bridgehead atoms. The molecule has 0 radical (unpaired) electrons. The summed E-state index contributed by atoms with van der Waals surface area (Å²) in [5.41, 5.74) is 7.63. The van der Waals surface area contributed by atoms with Gasteiger partial charge in [0.1, 0.15) is 0 Å². The first-order valence-electron chi connectivity index (χ1n) is 13.3. The van der Waals surface area contributed by atoms with Gasteiger partial charge in [0.2, 0.25) is 11.9 Å². The van der Waals surface area contributed by atoms with Gasteiger partial charge in [-0.05, 0) is 50.9 Å². The van der Waals surface area contributed by atoms with Gasteiger partial charge in [0.25, 0.3) is 0 Å². The second-order valence-electron chi connectivity index (χ2n) is 9.96. The fourth-order valence-electron chi connectivity index (χ4n) is 5.71. The Morgan fingerprint density at radius 2 is 1.83 bits per heavy atom. The molecule has 35 heavy (non-hydrogen) atoms. The molecule has 7 nitrogen and oxygen atoms in total. The summed E-state index contributed by atoms with van der Waals surface area (Å²) >= 11 is 6.44. The summed E-state index contributed by atoms with van der Waals surface area (Å²) in [5, 5.41) is 9.79. The van der Waals surface area contributed by atoms with E-state index in [0.717, 1.165) is 59.9 Å². The number of rotatable bonds is 5. The Hall–Kier alpha value is -2.35. The van der Waals surface area contributed by atoms with Gasteiger partial charge in [0.05, 0.1) is 6.04 Å². The van der Waals surface area contributed by atoms with Crippen LogP contribution in [-0.2, 0) is 0 Å². The van der Waals surface area contributed by atoms with Crippen LogP contribution in [0.25, 0.3) is 10.8 Å². The molecule has 0 amide bonds. The van der Waals surface area contributed by atoms with Crippen molar-refractivity contribution < 1.29 is 0 Å². The zero-order valence-corrected chi connectivity index (χ0v) is 21.5. The Balaban J connectivity index is 1.43. The van der Waals surface area contributed by atoms with Crippen LogP contribution in [0.2, 0.25) is 5.02 Å². The van der Waals surface area contributed by atoms with E-state index < -0.39 is 6.29 Å². The van der Waals surface area contributed by atoms with Crippen molar-refractivity contribution in [3.05, 3.63) is 41.4 Å². The number of benzene rings is 2. The highest BCUT2D eigenvalue weighted by atomic mass is 35.5. The summed E-state index contributed by atoms with van der Waals surface area (Å²) in [5.74, 6) is 1.48. The lowest BCUT2D eigenvalue weighted by molar-refractivity contribution is 0.195.